The molecule has 1 fully saturated rings. The van der Waals surface area contributed by atoms with E-state index in [1.807, 2.05) is 13.8 Å². The number of amides is 1. The van der Waals surface area contributed by atoms with Gasteiger partial charge in [0, 0.05) is 6.04 Å². The zero-order valence-electron chi connectivity index (χ0n) is 16.6. The third-order valence-electron chi connectivity index (χ3n) is 4.80. The van der Waals surface area contributed by atoms with Gasteiger partial charge < -0.3 is 15.0 Å². The van der Waals surface area contributed by atoms with Gasteiger partial charge in [-0.3, -0.25) is 9.10 Å². The first kappa shape index (κ1) is 21.5. The summed E-state index contributed by atoms with van der Waals surface area (Å²) in [5.74, 6) is 0.421. The second-order valence-electron chi connectivity index (χ2n) is 7.00. The fourth-order valence-electron chi connectivity index (χ4n) is 3.37. The van der Waals surface area contributed by atoms with Crippen LogP contribution in [0.15, 0.2) is 24.3 Å². The summed E-state index contributed by atoms with van der Waals surface area (Å²) in [6.45, 7) is 6.10. The minimum atomic E-state index is -3.63. The predicted octanol–water partition coefficient (Wildman–Crippen LogP) is 1.84. The molecule has 1 atom stereocenters. The molecule has 2 rings (SSSR count). The number of hydrogen-bond donors (Lipinski definition) is 1. The molecule has 1 aliphatic rings. The molecule has 1 aromatic carbocycles. The molecule has 0 aromatic heterocycles. The highest BCUT2D eigenvalue weighted by Crippen LogP contribution is 2.25. The zero-order chi connectivity index (χ0) is 20.0. The van der Waals surface area contributed by atoms with Crippen molar-refractivity contribution >= 4 is 21.6 Å². The highest BCUT2D eigenvalue weighted by molar-refractivity contribution is 7.92. The van der Waals surface area contributed by atoms with Crippen molar-refractivity contribution in [2.45, 2.75) is 45.2 Å². The van der Waals surface area contributed by atoms with Crippen LogP contribution in [0.3, 0.4) is 0 Å². The van der Waals surface area contributed by atoms with E-state index in [9.17, 15) is 13.2 Å². The lowest BCUT2D eigenvalue weighted by molar-refractivity contribution is -0.123. The van der Waals surface area contributed by atoms with Crippen LogP contribution in [0.2, 0.25) is 0 Å². The van der Waals surface area contributed by atoms with E-state index in [2.05, 4.69) is 17.3 Å². The summed E-state index contributed by atoms with van der Waals surface area (Å²) in [5, 5.41) is 3.05. The van der Waals surface area contributed by atoms with E-state index < -0.39 is 16.1 Å². The maximum atomic E-state index is 12.9. The van der Waals surface area contributed by atoms with Crippen molar-refractivity contribution in [1.29, 1.82) is 0 Å². The fourth-order valence-corrected chi connectivity index (χ4v) is 4.58. The molecule has 1 aliphatic heterocycles. The fraction of sp³-hybridized carbons (Fsp3) is 0.632. The van der Waals surface area contributed by atoms with Crippen LogP contribution in [-0.2, 0) is 14.8 Å². The third-order valence-corrected chi connectivity index (χ3v) is 5.98. The lowest BCUT2D eigenvalue weighted by Crippen LogP contribution is -2.53. The Hall–Kier alpha value is -1.80. The van der Waals surface area contributed by atoms with Gasteiger partial charge in [-0.2, -0.15) is 0 Å². The number of nitrogens with one attached hydrogen (secondary N) is 1. The average Bonchev–Trinajstić information content (AvgIpc) is 2.61. The average molecular weight is 398 g/mol. The number of hydrogen-bond acceptors (Lipinski definition) is 5. The maximum Gasteiger partial charge on any atom is 0.244 e. The summed E-state index contributed by atoms with van der Waals surface area (Å²) in [6, 6.07) is 6.11. The molecule has 1 saturated heterocycles. The Kier molecular flexibility index (Phi) is 7.49. The zero-order valence-corrected chi connectivity index (χ0v) is 17.5. The summed E-state index contributed by atoms with van der Waals surface area (Å²) in [6.07, 6.45) is 3.27. The lowest BCUT2D eigenvalue weighted by atomic mass is 10.0. The normalized spacial score (nSPS) is 17.3. The first-order valence-electron chi connectivity index (χ1n) is 9.47. The highest BCUT2D eigenvalue weighted by Gasteiger charge is 2.32. The van der Waals surface area contributed by atoms with Crippen LogP contribution in [0.1, 0.15) is 33.1 Å². The van der Waals surface area contributed by atoms with Gasteiger partial charge in [0.2, 0.25) is 15.9 Å². The molecule has 1 aromatic rings. The van der Waals surface area contributed by atoms with Crippen LogP contribution < -0.4 is 14.4 Å². The van der Waals surface area contributed by atoms with Crippen LogP contribution in [0.4, 0.5) is 5.69 Å². The van der Waals surface area contributed by atoms with E-state index >= 15 is 0 Å². The Morgan fingerprint density at radius 3 is 2.33 bits per heavy atom. The first-order valence-corrected chi connectivity index (χ1v) is 11.3. The predicted molar refractivity (Wildman–Crippen MR) is 108 cm³/mol. The Labute approximate surface area is 162 Å². The van der Waals surface area contributed by atoms with Gasteiger partial charge in [-0.25, -0.2) is 8.42 Å². The second-order valence-corrected chi connectivity index (χ2v) is 8.86. The van der Waals surface area contributed by atoms with E-state index in [4.69, 9.17) is 4.74 Å². The van der Waals surface area contributed by atoms with Crippen molar-refractivity contribution in [2.24, 2.45) is 0 Å². The maximum absolute atomic E-state index is 12.9. The van der Waals surface area contributed by atoms with Crippen molar-refractivity contribution in [3.63, 3.8) is 0 Å². The summed E-state index contributed by atoms with van der Waals surface area (Å²) in [5.41, 5.74) is 0.464. The molecule has 0 aliphatic carbocycles. The van der Waals surface area contributed by atoms with Crippen molar-refractivity contribution in [3.8, 4) is 5.75 Å². The van der Waals surface area contributed by atoms with Crippen LogP contribution >= 0.6 is 0 Å². The highest BCUT2D eigenvalue weighted by atomic mass is 32.2. The van der Waals surface area contributed by atoms with Crippen molar-refractivity contribution in [1.82, 2.24) is 10.2 Å². The molecule has 0 bridgehead atoms. The van der Waals surface area contributed by atoms with Gasteiger partial charge in [-0.1, -0.05) is 6.92 Å². The second kappa shape index (κ2) is 9.41. The number of rotatable bonds is 8. The van der Waals surface area contributed by atoms with Gasteiger partial charge >= 0.3 is 0 Å². The summed E-state index contributed by atoms with van der Waals surface area (Å²) in [4.78, 5) is 15.1. The largest absolute Gasteiger partial charge is 0.494 e. The van der Waals surface area contributed by atoms with Gasteiger partial charge in [-0.05, 0) is 70.6 Å². The molecule has 1 N–H and O–H groups in total. The number of piperidine rings is 1. The molecule has 0 saturated carbocycles. The van der Waals surface area contributed by atoms with Gasteiger partial charge in [0.25, 0.3) is 0 Å². The molecule has 0 unspecified atom stereocenters. The van der Waals surface area contributed by atoms with Gasteiger partial charge in [0.05, 0.1) is 18.6 Å². The van der Waals surface area contributed by atoms with Gasteiger partial charge in [0.15, 0.2) is 0 Å². The van der Waals surface area contributed by atoms with E-state index in [0.717, 1.165) is 32.2 Å². The monoisotopic (exact) mass is 397 g/mol. The molecule has 7 nitrogen and oxygen atoms in total. The molecule has 8 heteroatoms. The van der Waals surface area contributed by atoms with Crippen molar-refractivity contribution in [2.75, 3.05) is 37.3 Å². The lowest BCUT2D eigenvalue weighted by Gasteiger charge is -2.34. The smallest absolute Gasteiger partial charge is 0.244 e. The molecule has 152 valence electrons. The molecule has 0 radical (unpaired) electrons. The molecule has 0 spiro atoms. The number of carbonyl (C=O) groups excluding carboxylic acids is 1. The van der Waals surface area contributed by atoms with Gasteiger partial charge in [0.1, 0.15) is 11.8 Å². The Balaban J connectivity index is 2.20. The Bertz CT molecular complexity index is 713. The van der Waals surface area contributed by atoms with Crippen molar-refractivity contribution in [3.05, 3.63) is 24.3 Å². The SMILES string of the molecule is CCOc1ccc(N([C@@H](CC)C(=O)NC2CCN(C)CC2)S(C)(=O)=O)cc1. The van der Waals surface area contributed by atoms with Crippen LogP contribution in [-0.4, -0.2) is 64.3 Å². The topological polar surface area (TPSA) is 79.0 Å². The minimum Gasteiger partial charge on any atom is -0.494 e. The molecule has 1 amide bonds. The van der Waals surface area contributed by atoms with Crippen LogP contribution in [0.5, 0.6) is 5.75 Å². The summed E-state index contributed by atoms with van der Waals surface area (Å²) in [7, 11) is -1.57. The number of nitrogens with zero attached hydrogens (tertiary/aromatic N) is 2. The van der Waals surface area contributed by atoms with E-state index in [1.165, 1.54) is 4.31 Å². The molecule has 1 heterocycles. The van der Waals surface area contributed by atoms with Gasteiger partial charge in [-0.15, -0.1) is 0 Å². The summed E-state index contributed by atoms with van der Waals surface area (Å²) < 4.78 is 31.6. The quantitative estimate of drug-likeness (QED) is 0.724. The number of carbonyl (C=O) groups is 1. The summed E-state index contributed by atoms with van der Waals surface area (Å²) >= 11 is 0. The molecular weight excluding hydrogens is 366 g/mol. The van der Waals surface area contributed by atoms with E-state index in [1.54, 1.807) is 24.3 Å². The number of anilines is 1. The van der Waals surface area contributed by atoms with Crippen molar-refractivity contribution < 1.29 is 17.9 Å². The molecule has 27 heavy (non-hydrogen) atoms. The molecular formula is C19H31N3O4S. The standard InChI is InChI=1S/C19H31N3O4S/c1-5-18(19(23)20-15-11-13-21(3)14-12-15)22(27(4,24)25)16-7-9-17(10-8-16)26-6-2/h7-10,15,18H,5-6,11-14H2,1-4H3,(H,20,23)/t18-/m0/s1. The number of ether oxygens (including phenoxy) is 1. The van der Waals surface area contributed by atoms with E-state index in [0.29, 0.717) is 24.5 Å². The van der Waals surface area contributed by atoms with Crippen LogP contribution in [0.25, 0.3) is 0 Å². The van der Waals surface area contributed by atoms with E-state index in [-0.39, 0.29) is 11.9 Å². The third kappa shape index (κ3) is 5.84. The number of sulfonamides is 1. The minimum absolute atomic E-state index is 0.0875. The van der Waals surface area contributed by atoms with Crippen LogP contribution in [0, 0.1) is 0 Å². The Morgan fingerprint density at radius 2 is 1.85 bits per heavy atom. The Morgan fingerprint density at radius 1 is 1.26 bits per heavy atom. The number of likely N-dealkylation sites (tertiary alicyclic amines) is 1. The first-order chi connectivity index (χ1) is 12.8. The number of benzene rings is 1.